The smallest absolute Gasteiger partial charge is 0.251 e. The first kappa shape index (κ1) is 17.0. The minimum absolute atomic E-state index is 0.0952. The molecule has 0 heterocycles. The molecule has 2 aromatic carbocycles. The molecule has 0 aliphatic heterocycles. The number of carbonyl (C=O) groups is 2. The molecular weight excluding hydrogens is 312 g/mol. The van der Waals surface area contributed by atoms with Crippen molar-refractivity contribution in [1.29, 1.82) is 0 Å². The van der Waals surface area contributed by atoms with Gasteiger partial charge in [0.05, 0.1) is 0 Å². The summed E-state index contributed by atoms with van der Waals surface area (Å²) in [6.45, 7) is 4.36. The Hall–Kier alpha value is -2.88. The van der Waals surface area contributed by atoms with Crippen LogP contribution in [-0.2, 0) is 30.7 Å². The molecule has 3 rings (SSSR count). The minimum Gasteiger partial charge on any atom is -0.348 e. The van der Waals surface area contributed by atoms with Gasteiger partial charge in [-0.1, -0.05) is 36.9 Å². The van der Waals surface area contributed by atoms with E-state index >= 15 is 0 Å². The van der Waals surface area contributed by atoms with Crippen molar-refractivity contribution in [3.05, 3.63) is 82.9 Å². The Bertz CT molecular complexity index is 794. The zero-order valence-electron chi connectivity index (χ0n) is 14.2. The number of aryl methyl sites for hydroxylation is 2. The second-order valence-corrected chi connectivity index (χ2v) is 6.26. The molecule has 0 unspecified atom stereocenters. The highest BCUT2D eigenvalue weighted by molar-refractivity contribution is 5.94. The molecule has 2 N–H and O–H groups in total. The third kappa shape index (κ3) is 4.35. The van der Waals surface area contributed by atoms with Gasteiger partial charge in [0, 0.05) is 18.7 Å². The van der Waals surface area contributed by atoms with Crippen LogP contribution in [0.1, 0.15) is 39.0 Å². The molecule has 0 aromatic heterocycles. The molecule has 1 aliphatic carbocycles. The fourth-order valence-corrected chi connectivity index (χ4v) is 3.05. The normalized spacial score (nSPS) is 12.3. The molecule has 25 heavy (non-hydrogen) atoms. The fraction of sp³-hybridized carbons (Fsp3) is 0.238. The number of rotatable bonds is 6. The van der Waals surface area contributed by atoms with E-state index in [-0.39, 0.29) is 11.8 Å². The number of carbonyl (C=O) groups excluding carboxylic acids is 2. The number of hydrogen-bond donors (Lipinski definition) is 2. The Morgan fingerprint density at radius 2 is 1.60 bits per heavy atom. The van der Waals surface area contributed by atoms with Crippen LogP contribution in [0.15, 0.2) is 55.1 Å². The van der Waals surface area contributed by atoms with Crippen LogP contribution in [0.25, 0.3) is 0 Å². The lowest BCUT2D eigenvalue weighted by Gasteiger charge is -2.08. The van der Waals surface area contributed by atoms with Crippen LogP contribution in [-0.4, -0.2) is 11.8 Å². The van der Waals surface area contributed by atoms with Crippen LogP contribution in [0.2, 0.25) is 0 Å². The highest BCUT2D eigenvalue weighted by Gasteiger charge is 2.11. The van der Waals surface area contributed by atoms with Gasteiger partial charge in [-0.25, -0.2) is 0 Å². The Balaban J connectivity index is 1.54. The molecule has 0 fully saturated rings. The predicted octanol–water partition coefficient (Wildman–Crippen LogP) is 2.91. The summed E-state index contributed by atoms with van der Waals surface area (Å²) in [5.41, 5.74) is 5.54. The average molecular weight is 334 g/mol. The fourth-order valence-electron chi connectivity index (χ4n) is 3.05. The molecule has 0 radical (unpaired) electrons. The van der Waals surface area contributed by atoms with Gasteiger partial charge in [-0.15, -0.1) is 0 Å². The molecule has 0 saturated carbocycles. The number of fused-ring (bicyclic) bond motifs is 1. The summed E-state index contributed by atoms with van der Waals surface area (Å²) in [6.07, 6.45) is 4.77. The van der Waals surface area contributed by atoms with E-state index in [1.165, 1.54) is 30.0 Å². The van der Waals surface area contributed by atoms with Crippen LogP contribution in [0, 0.1) is 0 Å². The Labute approximate surface area is 148 Å². The molecule has 4 nitrogen and oxygen atoms in total. The molecular formula is C21H22N2O2. The number of nitrogens with one attached hydrogen (secondary N) is 2. The topological polar surface area (TPSA) is 58.2 Å². The summed E-state index contributed by atoms with van der Waals surface area (Å²) in [5.74, 6) is -0.307. The summed E-state index contributed by atoms with van der Waals surface area (Å²) in [4.78, 5) is 23.4. The largest absolute Gasteiger partial charge is 0.348 e. The SMILES string of the molecule is C=CC(=O)NCc1ccc(C(=O)NCc2ccc3c(c2)CCC3)cc1. The van der Waals surface area contributed by atoms with Crippen molar-refractivity contribution in [2.75, 3.05) is 0 Å². The molecule has 0 bridgehead atoms. The van der Waals surface area contributed by atoms with Gasteiger partial charge in [-0.05, 0) is 59.7 Å². The van der Waals surface area contributed by atoms with Crippen molar-refractivity contribution in [2.45, 2.75) is 32.4 Å². The van der Waals surface area contributed by atoms with Crippen molar-refractivity contribution in [1.82, 2.24) is 10.6 Å². The van der Waals surface area contributed by atoms with Crippen molar-refractivity contribution < 1.29 is 9.59 Å². The van der Waals surface area contributed by atoms with E-state index < -0.39 is 0 Å². The monoisotopic (exact) mass is 334 g/mol. The second-order valence-electron chi connectivity index (χ2n) is 6.26. The first-order chi connectivity index (χ1) is 12.2. The molecule has 0 atom stereocenters. The lowest BCUT2D eigenvalue weighted by Crippen LogP contribution is -2.23. The van der Waals surface area contributed by atoms with Crippen LogP contribution in [0.5, 0.6) is 0 Å². The molecule has 128 valence electrons. The van der Waals surface area contributed by atoms with Crippen molar-refractivity contribution in [3.8, 4) is 0 Å². The highest BCUT2D eigenvalue weighted by Crippen LogP contribution is 2.22. The zero-order chi connectivity index (χ0) is 17.6. The number of amides is 2. The van der Waals surface area contributed by atoms with Gasteiger partial charge in [0.2, 0.25) is 5.91 Å². The van der Waals surface area contributed by atoms with Gasteiger partial charge in [-0.2, -0.15) is 0 Å². The molecule has 0 spiro atoms. The Morgan fingerprint density at radius 1 is 0.920 bits per heavy atom. The van der Waals surface area contributed by atoms with E-state index in [9.17, 15) is 9.59 Å². The van der Waals surface area contributed by atoms with E-state index in [1.807, 2.05) is 12.1 Å². The van der Waals surface area contributed by atoms with Gasteiger partial charge in [0.25, 0.3) is 5.91 Å². The Morgan fingerprint density at radius 3 is 2.36 bits per heavy atom. The van der Waals surface area contributed by atoms with Crippen LogP contribution in [0.3, 0.4) is 0 Å². The van der Waals surface area contributed by atoms with Gasteiger partial charge in [0.1, 0.15) is 0 Å². The first-order valence-electron chi connectivity index (χ1n) is 8.54. The van der Waals surface area contributed by atoms with E-state index in [0.717, 1.165) is 17.5 Å². The van der Waals surface area contributed by atoms with Gasteiger partial charge in [0.15, 0.2) is 0 Å². The molecule has 1 aliphatic rings. The van der Waals surface area contributed by atoms with E-state index in [4.69, 9.17) is 0 Å². The first-order valence-corrected chi connectivity index (χ1v) is 8.54. The maximum Gasteiger partial charge on any atom is 0.251 e. The van der Waals surface area contributed by atoms with E-state index in [2.05, 4.69) is 35.4 Å². The third-order valence-electron chi connectivity index (χ3n) is 4.48. The number of benzene rings is 2. The van der Waals surface area contributed by atoms with Crippen LogP contribution >= 0.6 is 0 Å². The summed E-state index contributed by atoms with van der Waals surface area (Å²) in [7, 11) is 0. The van der Waals surface area contributed by atoms with Gasteiger partial charge >= 0.3 is 0 Å². The summed E-state index contributed by atoms with van der Waals surface area (Å²) < 4.78 is 0. The third-order valence-corrected chi connectivity index (χ3v) is 4.48. The molecule has 4 heteroatoms. The lowest BCUT2D eigenvalue weighted by atomic mass is 10.1. The Kier molecular flexibility index (Phi) is 5.29. The van der Waals surface area contributed by atoms with Crippen molar-refractivity contribution >= 4 is 11.8 Å². The van der Waals surface area contributed by atoms with Gasteiger partial charge in [-0.3, -0.25) is 9.59 Å². The van der Waals surface area contributed by atoms with Crippen molar-refractivity contribution in [3.63, 3.8) is 0 Å². The minimum atomic E-state index is -0.212. The van der Waals surface area contributed by atoms with Crippen molar-refractivity contribution in [2.24, 2.45) is 0 Å². The maximum atomic E-state index is 12.3. The summed E-state index contributed by atoms with van der Waals surface area (Å²) >= 11 is 0. The zero-order valence-corrected chi connectivity index (χ0v) is 14.2. The standard InChI is InChI=1S/C21H22N2O2/c1-2-20(24)22-13-15-6-10-18(11-7-15)21(25)23-14-16-8-9-17-4-3-5-19(17)12-16/h2,6-12H,1,3-5,13-14H2,(H,22,24)(H,23,25). The lowest BCUT2D eigenvalue weighted by molar-refractivity contribution is -0.116. The number of hydrogen-bond acceptors (Lipinski definition) is 2. The maximum absolute atomic E-state index is 12.3. The van der Waals surface area contributed by atoms with E-state index in [1.54, 1.807) is 12.1 Å². The van der Waals surface area contributed by atoms with Crippen LogP contribution < -0.4 is 10.6 Å². The molecule has 2 amide bonds. The van der Waals surface area contributed by atoms with Gasteiger partial charge < -0.3 is 10.6 Å². The van der Waals surface area contributed by atoms with Crippen LogP contribution in [0.4, 0.5) is 0 Å². The van der Waals surface area contributed by atoms with E-state index in [0.29, 0.717) is 18.7 Å². The predicted molar refractivity (Wildman–Crippen MR) is 98.1 cm³/mol. The average Bonchev–Trinajstić information content (AvgIpc) is 3.12. The summed E-state index contributed by atoms with van der Waals surface area (Å²) in [6, 6.07) is 13.7. The highest BCUT2D eigenvalue weighted by atomic mass is 16.2. The molecule has 2 aromatic rings. The second kappa shape index (κ2) is 7.79. The quantitative estimate of drug-likeness (QED) is 0.798. The molecule has 0 saturated heterocycles. The summed E-state index contributed by atoms with van der Waals surface area (Å²) in [5, 5.41) is 5.67.